The number of aromatic nitrogens is 2. The van der Waals surface area contributed by atoms with E-state index in [-0.39, 0.29) is 24.0 Å². The highest BCUT2D eigenvalue weighted by molar-refractivity contribution is 6.12. The van der Waals surface area contributed by atoms with Crippen LogP contribution in [0.1, 0.15) is 40.8 Å². The Labute approximate surface area is 225 Å². The van der Waals surface area contributed by atoms with Crippen LogP contribution in [0.3, 0.4) is 0 Å². The summed E-state index contributed by atoms with van der Waals surface area (Å²) in [6, 6.07) is 8.34. The van der Waals surface area contributed by atoms with E-state index in [4.69, 9.17) is 9.47 Å². The van der Waals surface area contributed by atoms with Crippen molar-refractivity contribution in [1.82, 2.24) is 9.55 Å². The molecule has 6 rings (SSSR count). The van der Waals surface area contributed by atoms with Gasteiger partial charge in [-0.05, 0) is 61.3 Å². The molecule has 3 heterocycles. The molecule has 0 bridgehead atoms. The Kier molecular flexibility index (Phi) is 6.21. The second-order valence-corrected chi connectivity index (χ2v) is 10.8. The Morgan fingerprint density at radius 2 is 1.64 bits per heavy atom. The summed E-state index contributed by atoms with van der Waals surface area (Å²) in [5, 5.41) is 36.1. The molecule has 2 aliphatic rings. The van der Waals surface area contributed by atoms with Gasteiger partial charge in [-0.15, -0.1) is 0 Å². The number of ether oxygens (including phenoxy) is 2. The van der Waals surface area contributed by atoms with Crippen molar-refractivity contribution >= 4 is 27.4 Å². The van der Waals surface area contributed by atoms with Crippen LogP contribution in [-0.2, 0) is 39.8 Å². The van der Waals surface area contributed by atoms with Gasteiger partial charge < -0.3 is 38.9 Å². The van der Waals surface area contributed by atoms with Gasteiger partial charge in [-0.3, -0.25) is 0 Å². The summed E-state index contributed by atoms with van der Waals surface area (Å²) in [4.78, 5) is 15.5. The SMILES string of the molecule is COc1cc2c3c(c4cc(OC)c(CO)cc4c2cc1CO)C[N+]1(Cc2c([N+](=O)[O-])ncn2C)CCC[C@H]1C3. The molecule has 10 nitrogen and oxygen atoms in total. The molecule has 4 aromatic rings. The number of methoxy groups -OCH3 is 2. The summed E-state index contributed by atoms with van der Waals surface area (Å²) < 4.78 is 13.9. The molecule has 1 aromatic heterocycles. The zero-order chi connectivity index (χ0) is 27.5. The Bertz CT molecular complexity index is 1630. The Morgan fingerprint density at radius 1 is 1.03 bits per heavy atom. The number of aliphatic hydroxyl groups is 2. The fraction of sp³-hybridized carbons (Fsp3) is 0.414. The topological polar surface area (TPSA) is 120 Å². The van der Waals surface area contributed by atoms with E-state index < -0.39 is 0 Å². The number of hydrogen-bond acceptors (Lipinski definition) is 7. The van der Waals surface area contributed by atoms with Gasteiger partial charge in [0.15, 0.2) is 5.69 Å². The number of aliphatic hydroxyl groups excluding tert-OH is 2. The lowest BCUT2D eigenvalue weighted by Gasteiger charge is -2.44. The number of quaternary nitrogens is 1. The van der Waals surface area contributed by atoms with Crippen LogP contribution in [0.5, 0.6) is 11.5 Å². The van der Waals surface area contributed by atoms with E-state index >= 15 is 0 Å². The highest BCUT2D eigenvalue weighted by atomic mass is 16.6. The number of imidazole rings is 1. The van der Waals surface area contributed by atoms with Crippen molar-refractivity contribution in [3.05, 3.63) is 68.7 Å². The van der Waals surface area contributed by atoms with Crippen molar-refractivity contribution in [2.24, 2.45) is 7.05 Å². The summed E-state index contributed by atoms with van der Waals surface area (Å²) in [7, 11) is 5.04. The average molecular weight is 534 g/mol. The van der Waals surface area contributed by atoms with Gasteiger partial charge >= 0.3 is 5.82 Å². The van der Waals surface area contributed by atoms with Crippen molar-refractivity contribution in [2.45, 2.75) is 51.6 Å². The highest BCUT2D eigenvalue weighted by Crippen LogP contribution is 2.47. The van der Waals surface area contributed by atoms with Crippen LogP contribution in [0.25, 0.3) is 21.5 Å². The molecule has 0 aliphatic carbocycles. The number of aryl methyl sites for hydroxylation is 1. The van der Waals surface area contributed by atoms with E-state index in [1.54, 1.807) is 18.8 Å². The predicted molar refractivity (Wildman–Crippen MR) is 146 cm³/mol. The maximum Gasteiger partial charge on any atom is 0.390 e. The van der Waals surface area contributed by atoms with Crippen LogP contribution >= 0.6 is 0 Å². The van der Waals surface area contributed by atoms with E-state index in [0.29, 0.717) is 40.9 Å². The molecule has 2 aliphatic heterocycles. The quantitative estimate of drug-likeness (QED) is 0.160. The number of nitrogens with zero attached hydrogens (tertiary/aromatic N) is 4. The fourth-order valence-electron chi connectivity index (χ4n) is 7.05. The molecule has 3 aromatic carbocycles. The lowest BCUT2D eigenvalue weighted by atomic mass is 9.83. The largest absolute Gasteiger partial charge is 0.496 e. The maximum absolute atomic E-state index is 11.8. The second kappa shape index (κ2) is 9.48. The number of fused-ring (bicyclic) bond motifs is 7. The minimum absolute atomic E-state index is 0.0691. The summed E-state index contributed by atoms with van der Waals surface area (Å²) in [6.07, 6.45) is 4.46. The van der Waals surface area contributed by atoms with E-state index in [9.17, 15) is 20.3 Å². The molecule has 0 radical (unpaired) electrons. The zero-order valence-electron chi connectivity index (χ0n) is 22.4. The van der Waals surface area contributed by atoms with Crippen LogP contribution in [0.2, 0.25) is 0 Å². The summed E-state index contributed by atoms with van der Waals surface area (Å²) in [5.74, 6) is 1.20. The van der Waals surface area contributed by atoms with Crippen molar-refractivity contribution in [2.75, 3.05) is 20.8 Å². The molecule has 1 saturated heterocycles. The molecular formula is C29H33N4O6+. The number of nitro groups is 1. The number of rotatable bonds is 7. The fourth-order valence-corrected chi connectivity index (χ4v) is 7.05. The van der Waals surface area contributed by atoms with Crippen molar-refractivity contribution in [3.63, 3.8) is 0 Å². The van der Waals surface area contributed by atoms with Gasteiger partial charge in [0.25, 0.3) is 0 Å². The minimum Gasteiger partial charge on any atom is -0.496 e. The third-order valence-electron chi connectivity index (χ3n) is 8.99. The second-order valence-electron chi connectivity index (χ2n) is 10.8. The Balaban J connectivity index is 1.62. The molecule has 204 valence electrons. The molecule has 39 heavy (non-hydrogen) atoms. The van der Waals surface area contributed by atoms with E-state index in [1.807, 2.05) is 31.3 Å². The Hall–Kier alpha value is -3.73. The van der Waals surface area contributed by atoms with Crippen molar-refractivity contribution < 1.29 is 29.1 Å². The van der Waals surface area contributed by atoms with Gasteiger partial charge in [-0.1, -0.05) is 0 Å². The molecule has 10 heteroatoms. The normalized spacial score (nSPS) is 20.3. The van der Waals surface area contributed by atoms with Crippen molar-refractivity contribution in [3.8, 4) is 11.5 Å². The lowest BCUT2D eigenvalue weighted by molar-refractivity contribution is -0.966. The molecule has 2 N–H and O–H groups in total. The molecule has 0 spiro atoms. The molecular weight excluding hydrogens is 500 g/mol. The van der Waals surface area contributed by atoms with E-state index in [0.717, 1.165) is 58.4 Å². The summed E-state index contributed by atoms with van der Waals surface area (Å²) in [5.41, 5.74) is 4.49. The highest BCUT2D eigenvalue weighted by Gasteiger charge is 2.48. The van der Waals surface area contributed by atoms with E-state index in [2.05, 4.69) is 4.98 Å². The zero-order valence-corrected chi connectivity index (χ0v) is 22.4. The number of benzene rings is 3. The standard InChI is InChI=1S/C29H33N4O6/c1-31-16-30-29(32(36)37)26(31)13-33-6-4-5-19(33)9-22-23-10-27(38-2)17(14-34)7-20(23)21-8-18(15-35)28(39-3)11-24(21)25(22)12-33/h7-8,10-11,16,19,34-35H,4-6,9,12-15H2,1-3H3/q+1/t19-,33?/m0/s1. The first-order valence-electron chi connectivity index (χ1n) is 13.2. The molecule has 1 fully saturated rings. The number of hydrogen-bond donors (Lipinski definition) is 2. The van der Waals surface area contributed by atoms with Gasteiger partial charge in [-0.25, -0.2) is 0 Å². The third-order valence-corrected chi connectivity index (χ3v) is 8.99. The predicted octanol–water partition coefficient (Wildman–Crippen LogP) is 3.87. The summed E-state index contributed by atoms with van der Waals surface area (Å²) in [6.45, 7) is 1.89. The van der Waals surface area contributed by atoms with Crippen molar-refractivity contribution in [1.29, 1.82) is 0 Å². The first-order valence-corrected chi connectivity index (χ1v) is 13.2. The average Bonchev–Trinajstić information content (AvgIpc) is 3.53. The van der Waals surface area contributed by atoms with Crippen LogP contribution < -0.4 is 9.47 Å². The van der Waals surface area contributed by atoms with Crippen LogP contribution in [0, 0.1) is 10.1 Å². The first-order chi connectivity index (χ1) is 18.8. The van der Waals surface area contributed by atoms with Crippen LogP contribution in [-0.4, -0.2) is 56.0 Å². The van der Waals surface area contributed by atoms with Gasteiger partial charge in [-0.2, -0.15) is 0 Å². The molecule has 0 saturated carbocycles. The van der Waals surface area contributed by atoms with Gasteiger partial charge in [0.2, 0.25) is 6.33 Å². The van der Waals surface area contributed by atoms with Gasteiger partial charge in [0.1, 0.15) is 24.6 Å². The maximum atomic E-state index is 11.8. The smallest absolute Gasteiger partial charge is 0.390 e. The monoisotopic (exact) mass is 533 g/mol. The van der Waals surface area contributed by atoms with Gasteiger partial charge in [0.05, 0.1) is 40.0 Å². The molecule has 1 unspecified atom stereocenters. The Morgan fingerprint density at radius 3 is 2.21 bits per heavy atom. The minimum atomic E-state index is -0.383. The van der Waals surface area contributed by atoms with Gasteiger partial charge in [0, 0.05) is 43.0 Å². The lowest BCUT2D eigenvalue weighted by Crippen LogP contribution is -2.54. The third kappa shape index (κ3) is 3.85. The van der Waals surface area contributed by atoms with E-state index in [1.165, 1.54) is 17.5 Å². The van der Waals surface area contributed by atoms with Crippen LogP contribution in [0.4, 0.5) is 5.82 Å². The first kappa shape index (κ1) is 25.5. The molecule has 2 atom stereocenters. The summed E-state index contributed by atoms with van der Waals surface area (Å²) >= 11 is 0. The molecule has 0 amide bonds. The van der Waals surface area contributed by atoms with Crippen LogP contribution in [0.15, 0.2) is 30.6 Å².